The number of carbonyl (C=O) groups excluding carboxylic acids is 2. The van der Waals surface area contributed by atoms with Crippen LogP contribution in [-0.2, 0) is 16.0 Å². The van der Waals surface area contributed by atoms with Crippen LogP contribution in [-0.4, -0.2) is 42.5 Å². The molecular formula is C21H23ClN2O3. The number of nitrogens with zero attached hydrogens (tertiary/aromatic N) is 1. The minimum absolute atomic E-state index is 0.000273. The first kappa shape index (κ1) is 19.2. The number of carbonyl (C=O) groups is 2. The predicted molar refractivity (Wildman–Crippen MR) is 105 cm³/mol. The van der Waals surface area contributed by atoms with E-state index >= 15 is 0 Å². The molecule has 0 saturated carbocycles. The monoisotopic (exact) mass is 386 g/mol. The highest BCUT2D eigenvalue weighted by atomic mass is 35.5. The van der Waals surface area contributed by atoms with E-state index in [9.17, 15) is 9.59 Å². The highest BCUT2D eigenvalue weighted by Gasteiger charge is 2.24. The number of likely N-dealkylation sites (tertiary alicyclic amines) is 1. The lowest BCUT2D eigenvalue weighted by Crippen LogP contribution is -2.47. The van der Waals surface area contributed by atoms with Crippen molar-refractivity contribution in [3.8, 4) is 5.75 Å². The number of hydrogen-bond acceptors (Lipinski definition) is 3. The van der Waals surface area contributed by atoms with Crippen molar-refractivity contribution in [2.45, 2.75) is 25.3 Å². The van der Waals surface area contributed by atoms with Crippen LogP contribution in [0.4, 0.5) is 0 Å². The first-order chi connectivity index (χ1) is 13.1. The van der Waals surface area contributed by atoms with Crippen LogP contribution in [0.1, 0.15) is 18.4 Å². The summed E-state index contributed by atoms with van der Waals surface area (Å²) >= 11 is 5.87. The number of amides is 2. The third kappa shape index (κ3) is 6.00. The van der Waals surface area contributed by atoms with Crippen LogP contribution in [0.5, 0.6) is 5.75 Å². The van der Waals surface area contributed by atoms with Crippen LogP contribution >= 0.6 is 11.6 Å². The van der Waals surface area contributed by atoms with E-state index in [1.165, 1.54) is 0 Å². The maximum Gasteiger partial charge on any atom is 0.258 e. The first-order valence-corrected chi connectivity index (χ1v) is 9.47. The van der Waals surface area contributed by atoms with Crippen LogP contribution in [0.3, 0.4) is 0 Å². The molecule has 2 aromatic carbocycles. The van der Waals surface area contributed by atoms with Crippen LogP contribution in [0.15, 0.2) is 54.6 Å². The minimum atomic E-state index is -0.134. The van der Waals surface area contributed by atoms with E-state index in [1.807, 2.05) is 47.4 Å². The average Bonchev–Trinajstić information content (AvgIpc) is 2.69. The van der Waals surface area contributed by atoms with Gasteiger partial charge in [-0.15, -0.1) is 0 Å². The van der Waals surface area contributed by atoms with Crippen molar-refractivity contribution in [3.05, 3.63) is 65.2 Å². The van der Waals surface area contributed by atoms with Gasteiger partial charge in [-0.2, -0.15) is 0 Å². The topological polar surface area (TPSA) is 58.6 Å². The fourth-order valence-corrected chi connectivity index (χ4v) is 3.22. The molecule has 1 heterocycles. The third-order valence-electron chi connectivity index (χ3n) is 4.59. The zero-order chi connectivity index (χ0) is 19.1. The van der Waals surface area contributed by atoms with Gasteiger partial charge in [0.2, 0.25) is 5.91 Å². The van der Waals surface area contributed by atoms with Gasteiger partial charge in [-0.3, -0.25) is 9.59 Å². The molecule has 0 aliphatic carbocycles. The molecule has 1 N–H and O–H groups in total. The third-order valence-corrected chi connectivity index (χ3v) is 4.85. The molecule has 2 amide bonds. The van der Waals surface area contributed by atoms with Gasteiger partial charge in [0.15, 0.2) is 6.61 Å². The fraction of sp³-hybridized carbons (Fsp3) is 0.333. The van der Waals surface area contributed by atoms with Crippen LogP contribution < -0.4 is 10.1 Å². The maximum absolute atomic E-state index is 12.4. The van der Waals surface area contributed by atoms with Crippen molar-refractivity contribution in [2.24, 2.45) is 0 Å². The number of ether oxygens (including phenoxy) is 1. The number of hydrogen-bond donors (Lipinski definition) is 1. The summed E-state index contributed by atoms with van der Waals surface area (Å²) in [5, 5.41) is 3.65. The molecule has 3 rings (SSSR count). The smallest absolute Gasteiger partial charge is 0.258 e. The SMILES string of the molecule is O=C(COc1ccccc1)NC1CCN(C(=O)Cc2ccc(Cl)cc2)CC1. The van der Waals surface area contributed by atoms with Gasteiger partial charge in [0.1, 0.15) is 5.75 Å². The highest BCUT2D eigenvalue weighted by Crippen LogP contribution is 2.15. The van der Waals surface area contributed by atoms with Gasteiger partial charge in [-0.1, -0.05) is 41.9 Å². The van der Waals surface area contributed by atoms with Crippen molar-refractivity contribution in [2.75, 3.05) is 19.7 Å². The lowest BCUT2D eigenvalue weighted by atomic mass is 10.0. The molecule has 27 heavy (non-hydrogen) atoms. The van der Waals surface area contributed by atoms with Crippen molar-refractivity contribution < 1.29 is 14.3 Å². The second kappa shape index (κ2) is 9.42. The summed E-state index contributed by atoms with van der Waals surface area (Å²) in [6.45, 7) is 1.30. The van der Waals surface area contributed by atoms with E-state index in [0.717, 1.165) is 18.4 Å². The zero-order valence-corrected chi connectivity index (χ0v) is 15.8. The molecule has 0 radical (unpaired) electrons. The predicted octanol–water partition coefficient (Wildman–Crippen LogP) is 3.07. The molecule has 2 aromatic rings. The number of rotatable bonds is 6. The Morgan fingerprint density at radius 3 is 2.37 bits per heavy atom. The summed E-state index contributed by atoms with van der Waals surface area (Å²) in [5.41, 5.74) is 0.956. The number of halogens is 1. The van der Waals surface area contributed by atoms with Crippen LogP contribution in [0.2, 0.25) is 5.02 Å². The average molecular weight is 387 g/mol. The first-order valence-electron chi connectivity index (χ1n) is 9.09. The standard InChI is InChI=1S/C21H23ClN2O3/c22-17-8-6-16(7-9-17)14-21(26)24-12-10-18(11-13-24)23-20(25)15-27-19-4-2-1-3-5-19/h1-9,18H,10-15H2,(H,23,25). The molecule has 0 unspecified atom stereocenters. The normalized spacial score (nSPS) is 14.6. The van der Waals surface area contributed by atoms with E-state index in [2.05, 4.69) is 5.32 Å². The van der Waals surface area contributed by atoms with E-state index in [4.69, 9.17) is 16.3 Å². The van der Waals surface area contributed by atoms with Crippen molar-refractivity contribution in [1.29, 1.82) is 0 Å². The molecule has 0 spiro atoms. The molecule has 5 nitrogen and oxygen atoms in total. The Balaban J connectivity index is 1.38. The molecule has 0 atom stereocenters. The van der Waals surface area contributed by atoms with E-state index in [0.29, 0.717) is 30.3 Å². The van der Waals surface area contributed by atoms with Crippen molar-refractivity contribution >= 4 is 23.4 Å². The molecule has 0 aromatic heterocycles. The second-order valence-corrected chi connectivity index (χ2v) is 7.06. The molecule has 1 aliphatic heterocycles. The van der Waals surface area contributed by atoms with Gasteiger partial charge < -0.3 is 15.0 Å². The quantitative estimate of drug-likeness (QED) is 0.830. The molecule has 142 valence electrons. The molecule has 6 heteroatoms. The number of nitrogens with one attached hydrogen (secondary N) is 1. The van der Waals surface area contributed by atoms with Crippen molar-refractivity contribution in [3.63, 3.8) is 0 Å². The number of benzene rings is 2. The number of para-hydroxylation sites is 1. The summed E-state index contributed by atoms with van der Waals surface area (Å²) in [6.07, 6.45) is 1.88. The molecule has 0 bridgehead atoms. The highest BCUT2D eigenvalue weighted by molar-refractivity contribution is 6.30. The summed E-state index contributed by atoms with van der Waals surface area (Å²) in [7, 11) is 0. The molecule has 1 saturated heterocycles. The Morgan fingerprint density at radius 1 is 1.04 bits per heavy atom. The van der Waals surface area contributed by atoms with Gasteiger partial charge in [0.25, 0.3) is 5.91 Å². The van der Waals surface area contributed by atoms with E-state index < -0.39 is 0 Å². The number of piperidine rings is 1. The van der Waals surface area contributed by atoms with Gasteiger partial charge in [0.05, 0.1) is 6.42 Å². The van der Waals surface area contributed by atoms with Gasteiger partial charge >= 0.3 is 0 Å². The van der Waals surface area contributed by atoms with Gasteiger partial charge in [-0.25, -0.2) is 0 Å². The van der Waals surface area contributed by atoms with Crippen molar-refractivity contribution in [1.82, 2.24) is 10.2 Å². The zero-order valence-electron chi connectivity index (χ0n) is 15.1. The van der Waals surface area contributed by atoms with Gasteiger partial charge in [-0.05, 0) is 42.7 Å². The van der Waals surface area contributed by atoms with Crippen LogP contribution in [0.25, 0.3) is 0 Å². The Bertz CT molecular complexity index is 757. The lowest BCUT2D eigenvalue weighted by molar-refractivity contribution is -0.131. The Kier molecular flexibility index (Phi) is 6.71. The Morgan fingerprint density at radius 2 is 1.70 bits per heavy atom. The van der Waals surface area contributed by atoms with Crippen LogP contribution in [0, 0.1) is 0 Å². The van der Waals surface area contributed by atoms with E-state index in [1.54, 1.807) is 12.1 Å². The fourth-order valence-electron chi connectivity index (χ4n) is 3.10. The summed E-state index contributed by atoms with van der Waals surface area (Å²) in [4.78, 5) is 26.3. The second-order valence-electron chi connectivity index (χ2n) is 6.63. The summed E-state index contributed by atoms with van der Waals surface area (Å²) < 4.78 is 5.46. The molecular weight excluding hydrogens is 364 g/mol. The lowest BCUT2D eigenvalue weighted by Gasteiger charge is -2.32. The Hall–Kier alpha value is -2.53. The molecule has 1 fully saturated rings. The van der Waals surface area contributed by atoms with E-state index in [-0.39, 0.29) is 24.5 Å². The molecule has 1 aliphatic rings. The summed E-state index contributed by atoms with van der Waals surface area (Å²) in [5.74, 6) is 0.648. The largest absolute Gasteiger partial charge is 0.484 e. The maximum atomic E-state index is 12.4. The van der Waals surface area contributed by atoms with Gasteiger partial charge in [0, 0.05) is 24.2 Å². The Labute approximate surface area is 164 Å². The minimum Gasteiger partial charge on any atom is -0.484 e. The summed E-state index contributed by atoms with van der Waals surface area (Å²) in [6, 6.07) is 16.7.